The SMILES string of the molecule is COc1cccc(C2=CCN(CCCc3nc4ccccc4c(=O)[nH]3)CC2)c1. The van der Waals surface area contributed by atoms with Crippen LogP contribution in [0.25, 0.3) is 16.5 Å². The van der Waals surface area contributed by atoms with Gasteiger partial charge in [0.25, 0.3) is 5.56 Å². The Balaban J connectivity index is 1.33. The van der Waals surface area contributed by atoms with Crippen molar-refractivity contribution in [2.45, 2.75) is 19.3 Å². The molecule has 2 aromatic carbocycles. The summed E-state index contributed by atoms with van der Waals surface area (Å²) in [5.74, 6) is 1.67. The standard InChI is InChI=1S/C23H25N3O2/c1-28-19-7-4-6-18(16-19)17-11-14-26(15-12-17)13-5-10-22-24-21-9-3-2-8-20(21)23(27)25-22/h2-4,6-9,11,16H,5,10,12-15H2,1H3,(H,24,25,27). The number of aromatic amines is 1. The number of ether oxygens (including phenoxy) is 1. The predicted octanol–water partition coefficient (Wildman–Crippen LogP) is 3.65. The first-order valence-corrected chi connectivity index (χ1v) is 9.77. The molecule has 0 saturated heterocycles. The molecular weight excluding hydrogens is 350 g/mol. The van der Waals surface area contributed by atoms with E-state index in [1.807, 2.05) is 36.4 Å². The van der Waals surface area contributed by atoms with Crippen molar-refractivity contribution in [2.75, 3.05) is 26.7 Å². The van der Waals surface area contributed by atoms with Crippen molar-refractivity contribution in [3.63, 3.8) is 0 Å². The van der Waals surface area contributed by atoms with Gasteiger partial charge in [-0.1, -0.05) is 30.3 Å². The number of fused-ring (bicyclic) bond motifs is 1. The lowest BCUT2D eigenvalue weighted by Crippen LogP contribution is -2.30. The molecule has 0 spiro atoms. The van der Waals surface area contributed by atoms with Gasteiger partial charge in [0.1, 0.15) is 11.6 Å². The van der Waals surface area contributed by atoms with Crippen molar-refractivity contribution >= 4 is 16.5 Å². The Bertz CT molecular complexity index is 1050. The normalized spacial score (nSPS) is 14.8. The molecule has 28 heavy (non-hydrogen) atoms. The molecule has 0 bridgehead atoms. The number of benzene rings is 2. The van der Waals surface area contributed by atoms with Gasteiger partial charge in [-0.15, -0.1) is 0 Å². The van der Waals surface area contributed by atoms with Crippen LogP contribution in [0.1, 0.15) is 24.2 Å². The van der Waals surface area contributed by atoms with Crippen LogP contribution in [0.4, 0.5) is 0 Å². The van der Waals surface area contributed by atoms with E-state index in [4.69, 9.17) is 4.74 Å². The average Bonchev–Trinajstić information content (AvgIpc) is 2.74. The second-order valence-electron chi connectivity index (χ2n) is 7.15. The van der Waals surface area contributed by atoms with Crippen LogP contribution < -0.4 is 10.3 Å². The number of H-pyrrole nitrogens is 1. The van der Waals surface area contributed by atoms with Crippen LogP contribution in [0.3, 0.4) is 0 Å². The molecule has 0 amide bonds. The molecule has 0 radical (unpaired) electrons. The fraction of sp³-hybridized carbons (Fsp3) is 0.304. The maximum Gasteiger partial charge on any atom is 0.258 e. The van der Waals surface area contributed by atoms with Crippen LogP contribution in [-0.4, -0.2) is 41.6 Å². The molecule has 0 atom stereocenters. The minimum absolute atomic E-state index is 0.0514. The summed E-state index contributed by atoms with van der Waals surface area (Å²) in [4.78, 5) is 22.1. The number of methoxy groups -OCH3 is 1. The summed E-state index contributed by atoms with van der Waals surface area (Å²) in [5, 5.41) is 0.650. The molecule has 1 aromatic heterocycles. The Morgan fingerprint density at radius 3 is 2.89 bits per heavy atom. The van der Waals surface area contributed by atoms with E-state index in [-0.39, 0.29) is 5.56 Å². The van der Waals surface area contributed by atoms with Crippen molar-refractivity contribution in [2.24, 2.45) is 0 Å². The third-order valence-corrected chi connectivity index (χ3v) is 5.28. The molecule has 0 fully saturated rings. The molecular formula is C23H25N3O2. The van der Waals surface area contributed by atoms with E-state index in [2.05, 4.69) is 33.1 Å². The molecule has 0 unspecified atom stereocenters. The van der Waals surface area contributed by atoms with Crippen molar-refractivity contribution in [3.05, 3.63) is 76.3 Å². The zero-order valence-electron chi connectivity index (χ0n) is 16.1. The Morgan fingerprint density at radius 2 is 2.07 bits per heavy atom. The molecule has 3 aromatic rings. The largest absolute Gasteiger partial charge is 0.497 e. The second-order valence-corrected chi connectivity index (χ2v) is 7.15. The Labute approximate surface area is 164 Å². The number of nitrogens with zero attached hydrogens (tertiary/aromatic N) is 2. The third-order valence-electron chi connectivity index (χ3n) is 5.28. The quantitative estimate of drug-likeness (QED) is 0.714. The lowest BCUT2D eigenvalue weighted by Gasteiger charge is -2.26. The fourth-order valence-electron chi connectivity index (χ4n) is 3.72. The van der Waals surface area contributed by atoms with Crippen LogP contribution in [0.2, 0.25) is 0 Å². The molecule has 1 aliphatic heterocycles. The zero-order valence-corrected chi connectivity index (χ0v) is 16.1. The van der Waals surface area contributed by atoms with E-state index in [0.29, 0.717) is 5.39 Å². The Kier molecular flexibility index (Phi) is 5.53. The number of hydrogen-bond acceptors (Lipinski definition) is 4. The van der Waals surface area contributed by atoms with Crippen molar-refractivity contribution < 1.29 is 4.74 Å². The lowest BCUT2D eigenvalue weighted by molar-refractivity contribution is 0.297. The van der Waals surface area contributed by atoms with Crippen LogP contribution in [0.5, 0.6) is 5.75 Å². The highest BCUT2D eigenvalue weighted by atomic mass is 16.5. The topological polar surface area (TPSA) is 58.2 Å². The molecule has 2 heterocycles. The van der Waals surface area contributed by atoms with Gasteiger partial charge in [0.05, 0.1) is 18.0 Å². The van der Waals surface area contributed by atoms with E-state index >= 15 is 0 Å². The van der Waals surface area contributed by atoms with Crippen LogP contribution in [0.15, 0.2) is 59.4 Å². The van der Waals surface area contributed by atoms with E-state index in [1.54, 1.807) is 7.11 Å². The highest BCUT2D eigenvalue weighted by Gasteiger charge is 2.13. The van der Waals surface area contributed by atoms with E-state index in [1.165, 1.54) is 11.1 Å². The van der Waals surface area contributed by atoms with Gasteiger partial charge in [0, 0.05) is 19.5 Å². The molecule has 144 valence electrons. The maximum atomic E-state index is 12.2. The zero-order chi connectivity index (χ0) is 19.3. The minimum atomic E-state index is -0.0514. The monoisotopic (exact) mass is 375 g/mol. The number of hydrogen-bond donors (Lipinski definition) is 1. The minimum Gasteiger partial charge on any atom is -0.497 e. The molecule has 1 N–H and O–H groups in total. The van der Waals surface area contributed by atoms with Gasteiger partial charge in [-0.3, -0.25) is 9.69 Å². The average molecular weight is 375 g/mol. The van der Waals surface area contributed by atoms with Crippen LogP contribution >= 0.6 is 0 Å². The summed E-state index contributed by atoms with van der Waals surface area (Å²) in [6, 6.07) is 15.7. The summed E-state index contributed by atoms with van der Waals surface area (Å²) in [7, 11) is 1.70. The van der Waals surface area contributed by atoms with Gasteiger partial charge < -0.3 is 9.72 Å². The van der Waals surface area contributed by atoms with Gasteiger partial charge >= 0.3 is 0 Å². The number of rotatable bonds is 6. The Hall–Kier alpha value is -2.92. The molecule has 0 saturated carbocycles. The van der Waals surface area contributed by atoms with E-state index in [0.717, 1.165) is 56.0 Å². The fourth-order valence-corrected chi connectivity index (χ4v) is 3.72. The maximum absolute atomic E-state index is 12.2. The smallest absolute Gasteiger partial charge is 0.258 e. The second kappa shape index (κ2) is 8.40. The third kappa shape index (κ3) is 4.15. The van der Waals surface area contributed by atoms with Gasteiger partial charge in [0.2, 0.25) is 0 Å². The molecule has 4 rings (SSSR count). The molecule has 1 aliphatic rings. The van der Waals surface area contributed by atoms with Gasteiger partial charge in [0.15, 0.2) is 0 Å². The highest BCUT2D eigenvalue weighted by molar-refractivity contribution is 5.77. The summed E-state index contributed by atoms with van der Waals surface area (Å²) in [6.07, 6.45) is 5.11. The van der Waals surface area contributed by atoms with Gasteiger partial charge in [-0.25, -0.2) is 4.98 Å². The van der Waals surface area contributed by atoms with E-state index in [9.17, 15) is 4.79 Å². The number of aryl methyl sites for hydroxylation is 1. The molecule has 5 heteroatoms. The number of aromatic nitrogens is 2. The first-order valence-electron chi connectivity index (χ1n) is 9.77. The lowest BCUT2D eigenvalue weighted by atomic mass is 9.99. The van der Waals surface area contributed by atoms with E-state index < -0.39 is 0 Å². The van der Waals surface area contributed by atoms with Gasteiger partial charge in [-0.05, 0) is 54.8 Å². The summed E-state index contributed by atoms with van der Waals surface area (Å²) < 4.78 is 5.33. The summed E-state index contributed by atoms with van der Waals surface area (Å²) in [6.45, 7) is 3.00. The summed E-state index contributed by atoms with van der Waals surface area (Å²) in [5.41, 5.74) is 3.35. The van der Waals surface area contributed by atoms with Gasteiger partial charge in [-0.2, -0.15) is 0 Å². The highest BCUT2D eigenvalue weighted by Crippen LogP contribution is 2.25. The number of nitrogens with one attached hydrogen (secondary N) is 1. The Morgan fingerprint density at radius 1 is 1.18 bits per heavy atom. The summed E-state index contributed by atoms with van der Waals surface area (Å²) >= 11 is 0. The molecule has 0 aliphatic carbocycles. The first-order chi connectivity index (χ1) is 13.7. The van der Waals surface area contributed by atoms with Crippen molar-refractivity contribution in [1.29, 1.82) is 0 Å². The van der Waals surface area contributed by atoms with Crippen molar-refractivity contribution in [1.82, 2.24) is 14.9 Å². The van der Waals surface area contributed by atoms with Crippen molar-refractivity contribution in [3.8, 4) is 5.75 Å². The number of para-hydroxylation sites is 1. The predicted molar refractivity (Wildman–Crippen MR) is 113 cm³/mol. The first kappa shape index (κ1) is 18.4. The molecule has 5 nitrogen and oxygen atoms in total. The van der Waals surface area contributed by atoms with Crippen LogP contribution in [-0.2, 0) is 6.42 Å². The van der Waals surface area contributed by atoms with Crippen LogP contribution in [0, 0.1) is 0 Å².